The number of anilines is 1. The molecule has 2 atom stereocenters. The molecule has 0 saturated heterocycles. The Bertz CT molecular complexity index is 1010. The Labute approximate surface area is 174 Å². The second kappa shape index (κ2) is 7.66. The quantitative estimate of drug-likeness (QED) is 0.570. The van der Waals surface area contributed by atoms with Crippen molar-refractivity contribution in [2.45, 2.75) is 22.4 Å². The van der Waals surface area contributed by atoms with Crippen LogP contribution in [0.1, 0.15) is 17.9 Å². The van der Waals surface area contributed by atoms with Crippen LogP contribution in [0.25, 0.3) is 0 Å². The van der Waals surface area contributed by atoms with E-state index >= 15 is 0 Å². The molecule has 0 radical (unpaired) electrons. The maximum Gasteiger partial charge on any atom is 0.228 e. The number of amides is 1. The minimum Gasteiger partial charge on any atom is -0.326 e. The number of halogens is 2. The van der Waals surface area contributed by atoms with E-state index in [4.69, 9.17) is 11.6 Å². The van der Waals surface area contributed by atoms with Crippen LogP contribution in [-0.4, -0.2) is 20.7 Å². The van der Waals surface area contributed by atoms with Crippen molar-refractivity contribution in [3.05, 3.63) is 63.9 Å². The molecule has 0 spiro atoms. The summed E-state index contributed by atoms with van der Waals surface area (Å²) in [5, 5.41) is 12.2. The highest BCUT2D eigenvalue weighted by atomic mass is 79.9. The highest BCUT2D eigenvalue weighted by molar-refractivity contribution is 9.10. The molecule has 1 aromatic heterocycles. The lowest BCUT2D eigenvalue weighted by Crippen LogP contribution is -2.14. The Kier molecular flexibility index (Phi) is 5.25. The fourth-order valence-corrected chi connectivity index (χ4v) is 4.43. The molecule has 1 aliphatic rings. The van der Waals surface area contributed by atoms with E-state index in [0.717, 1.165) is 20.9 Å². The monoisotopic (exact) mass is 462 g/mol. The molecule has 1 heterocycles. The zero-order chi connectivity index (χ0) is 19.0. The van der Waals surface area contributed by atoms with E-state index in [1.54, 1.807) is 12.4 Å². The molecule has 0 bridgehead atoms. The van der Waals surface area contributed by atoms with Gasteiger partial charge in [0.15, 0.2) is 5.16 Å². The van der Waals surface area contributed by atoms with Crippen molar-refractivity contribution in [3.8, 4) is 0 Å². The number of hydrogen-bond acceptors (Lipinski definition) is 4. The van der Waals surface area contributed by atoms with Crippen LogP contribution in [0.2, 0.25) is 5.02 Å². The third kappa shape index (κ3) is 4.20. The lowest BCUT2D eigenvalue weighted by atomic mass is 10.1. The summed E-state index contributed by atoms with van der Waals surface area (Å²) in [7, 11) is 1.88. The van der Waals surface area contributed by atoms with Crippen molar-refractivity contribution in [1.29, 1.82) is 0 Å². The molecule has 3 aromatic rings. The molecule has 2 aromatic carbocycles. The summed E-state index contributed by atoms with van der Waals surface area (Å²) < 4.78 is 2.86. The zero-order valence-electron chi connectivity index (χ0n) is 14.4. The molecule has 5 nitrogen and oxygen atoms in total. The minimum absolute atomic E-state index is 0.00534. The first kappa shape index (κ1) is 18.5. The fourth-order valence-electron chi connectivity index (χ4n) is 2.95. The van der Waals surface area contributed by atoms with Crippen LogP contribution in [0.5, 0.6) is 0 Å². The van der Waals surface area contributed by atoms with E-state index in [0.29, 0.717) is 10.7 Å². The average molecular weight is 464 g/mol. The molecular weight excluding hydrogens is 448 g/mol. The molecule has 0 aliphatic heterocycles. The zero-order valence-corrected chi connectivity index (χ0v) is 17.6. The summed E-state index contributed by atoms with van der Waals surface area (Å²) in [6, 6.07) is 13.7. The van der Waals surface area contributed by atoms with Crippen LogP contribution in [0.3, 0.4) is 0 Å². The minimum atomic E-state index is 0.00534. The highest BCUT2D eigenvalue weighted by Crippen LogP contribution is 2.48. The van der Waals surface area contributed by atoms with Gasteiger partial charge in [0.1, 0.15) is 6.33 Å². The first-order chi connectivity index (χ1) is 13.0. The smallest absolute Gasteiger partial charge is 0.228 e. The SMILES string of the molecule is Cn1cnnc1Sc1ccc(NC(=O)C2CC2c2cccc(Br)c2)cc1Cl. The molecule has 1 aliphatic carbocycles. The van der Waals surface area contributed by atoms with E-state index < -0.39 is 0 Å². The van der Waals surface area contributed by atoms with Crippen LogP contribution >= 0.6 is 39.3 Å². The number of aromatic nitrogens is 3. The van der Waals surface area contributed by atoms with Crippen LogP contribution in [0, 0.1) is 5.92 Å². The van der Waals surface area contributed by atoms with Crippen LogP contribution in [0.4, 0.5) is 5.69 Å². The number of nitrogens with zero attached hydrogens (tertiary/aromatic N) is 3. The van der Waals surface area contributed by atoms with Gasteiger partial charge in [0.25, 0.3) is 0 Å². The number of aryl methyl sites for hydroxylation is 1. The fraction of sp³-hybridized carbons (Fsp3) is 0.211. The summed E-state index contributed by atoms with van der Waals surface area (Å²) in [5.74, 6) is 0.319. The van der Waals surface area contributed by atoms with Crippen molar-refractivity contribution in [2.24, 2.45) is 13.0 Å². The molecule has 1 fully saturated rings. The van der Waals surface area contributed by atoms with Gasteiger partial charge in [0, 0.05) is 28.0 Å². The first-order valence-electron chi connectivity index (χ1n) is 8.39. The van der Waals surface area contributed by atoms with Gasteiger partial charge in [-0.3, -0.25) is 4.79 Å². The molecular formula is C19H16BrClN4OS. The molecule has 138 valence electrons. The molecule has 2 unspecified atom stereocenters. The Balaban J connectivity index is 1.40. The predicted molar refractivity (Wildman–Crippen MR) is 110 cm³/mol. The number of benzene rings is 2. The summed E-state index contributed by atoms with van der Waals surface area (Å²) in [5.41, 5.74) is 1.89. The van der Waals surface area contributed by atoms with Crippen molar-refractivity contribution in [2.75, 3.05) is 5.32 Å². The van der Waals surface area contributed by atoms with Crippen molar-refractivity contribution in [3.63, 3.8) is 0 Å². The van der Waals surface area contributed by atoms with E-state index in [1.807, 2.05) is 35.9 Å². The van der Waals surface area contributed by atoms with Crippen molar-refractivity contribution < 1.29 is 4.79 Å². The Morgan fingerprint density at radius 3 is 2.89 bits per heavy atom. The second-order valence-electron chi connectivity index (χ2n) is 6.46. The van der Waals surface area contributed by atoms with Gasteiger partial charge >= 0.3 is 0 Å². The lowest BCUT2D eigenvalue weighted by Gasteiger charge is -2.08. The molecule has 8 heteroatoms. The average Bonchev–Trinajstić information content (AvgIpc) is 3.35. The van der Waals surface area contributed by atoms with Gasteiger partial charge in [-0.05, 0) is 60.0 Å². The molecule has 1 saturated carbocycles. The third-order valence-corrected chi connectivity index (χ3v) is 6.52. The van der Waals surface area contributed by atoms with E-state index in [9.17, 15) is 4.79 Å². The molecule has 1 N–H and O–H groups in total. The lowest BCUT2D eigenvalue weighted by molar-refractivity contribution is -0.117. The predicted octanol–water partition coefficient (Wildman–Crippen LogP) is 5.12. The Morgan fingerprint density at radius 2 is 2.19 bits per heavy atom. The summed E-state index contributed by atoms with van der Waals surface area (Å²) in [6.45, 7) is 0. The van der Waals surface area contributed by atoms with Crippen molar-refractivity contribution in [1.82, 2.24) is 14.8 Å². The Hall–Kier alpha value is -1.83. The molecule has 27 heavy (non-hydrogen) atoms. The standard InChI is InChI=1S/C19H16BrClN4OS/c1-25-10-22-24-19(25)27-17-6-5-13(8-16(17)21)23-18(26)15-9-14(15)11-3-2-4-12(20)7-11/h2-8,10,14-15H,9H2,1H3,(H,23,26). The Morgan fingerprint density at radius 1 is 1.33 bits per heavy atom. The summed E-state index contributed by atoms with van der Waals surface area (Å²) >= 11 is 11.3. The number of rotatable bonds is 5. The molecule has 4 rings (SSSR count). The normalized spacial score (nSPS) is 18.3. The maximum absolute atomic E-state index is 12.5. The summed E-state index contributed by atoms with van der Waals surface area (Å²) in [4.78, 5) is 13.4. The van der Waals surface area contributed by atoms with Gasteiger partial charge in [-0.15, -0.1) is 10.2 Å². The largest absolute Gasteiger partial charge is 0.326 e. The van der Waals surface area contributed by atoms with E-state index in [1.165, 1.54) is 17.3 Å². The van der Waals surface area contributed by atoms with Gasteiger partial charge in [-0.25, -0.2) is 0 Å². The van der Waals surface area contributed by atoms with Gasteiger partial charge in [0.05, 0.1) is 5.02 Å². The van der Waals surface area contributed by atoms with Gasteiger partial charge in [-0.2, -0.15) is 0 Å². The van der Waals surface area contributed by atoms with Crippen LogP contribution in [-0.2, 0) is 11.8 Å². The number of nitrogens with one attached hydrogen (secondary N) is 1. The molecule has 1 amide bonds. The van der Waals surface area contributed by atoms with E-state index in [2.05, 4.69) is 43.6 Å². The van der Waals surface area contributed by atoms with Gasteiger partial charge in [0.2, 0.25) is 5.91 Å². The van der Waals surface area contributed by atoms with Crippen LogP contribution in [0.15, 0.2) is 63.3 Å². The number of hydrogen-bond donors (Lipinski definition) is 1. The van der Waals surface area contributed by atoms with Gasteiger partial charge < -0.3 is 9.88 Å². The first-order valence-corrected chi connectivity index (χ1v) is 10.4. The summed E-state index contributed by atoms with van der Waals surface area (Å²) in [6.07, 6.45) is 2.51. The maximum atomic E-state index is 12.5. The second-order valence-corrected chi connectivity index (χ2v) is 8.80. The van der Waals surface area contributed by atoms with Gasteiger partial charge in [-0.1, -0.05) is 39.7 Å². The van der Waals surface area contributed by atoms with E-state index in [-0.39, 0.29) is 17.7 Å². The third-order valence-electron chi connectivity index (χ3n) is 4.47. The number of carbonyl (C=O) groups excluding carboxylic acids is 1. The van der Waals surface area contributed by atoms with Crippen LogP contribution < -0.4 is 5.32 Å². The topological polar surface area (TPSA) is 59.8 Å². The van der Waals surface area contributed by atoms with Crippen molar-refractivity contribution >= 4 is 50.9 Å². The number of carbonyl (C=O) groups is 1. The highest BCUT2D eigenvalue weighted by Gasteiger charge is 2.43.